The first kappa shape index (κ1) is 14.5. The summed E-state index contributed by atoms with van der Waals surface area (Å²) < 4.78 is 0. The number of fused-ring (bicyclic) bond motifs is 1. The predicted octanol–water partition coefficient (Wildman–Crippen LogP) is 1.93. The van der Waals surface area contributed by atoms with Gasteiger partial charge in [0.25, 0.3) is 0 Å². The van der Waals surface area contributed by atoms with Gasteiger partial charge in [-0.25, -0.2) is 0 Å². The Kier molecular flexibility index (Phi) is 4.61. The smallest absolute Gasteiger partial charge is 0.233 e. The van der Waals surface area contributed by atoms with Crippen molar-refractivity contribution in [2.75, 3.05) is 6.54 Å². The van der Waals surface area contributed by atoms with E-state index in [-0.39, 0.29) is 29.7 Å². The van der Waals surface area contributed by atoms with Crippen molar-refractivity contribution in [3.8, 4) is 0 Å². The monoisotopic (exact) mass is 266 g/mol. The third-order valence-electron chi connectivity index (χ3n) is 4.70. The lowest BCUT2D eigenvalue weighted by Gasteiger charge is -2.17. The van der Waals surface area contributed by atoms with Crippen LogP contribution >= 0.6 is 0 Å². The van der Waals surface area contributed by atoms with E-state index in [1.165, 1.54) is 4.90 Å². The second-order valence-corrected chi connectivity index (χ2v) is 6.26. The van der Waals surface area contributed by atoms with Gasteiger partial charge in [-0.15, -0.1) is 0 Å². The molecular formula is C15H26N2O2. The number of hydrogen-bond acceptors (Lipinski definition) is 3. The summed E-state index contributed by atoms with van der Waals surface area (Å²) in [7, 11) is 0. The number of amides is 2. The molecular weight excluding hydrogens is 240 g/mol. The fourth-order valence-electron chi connectivity index (χ4n) is 3.49. The molecule has 0 aromatic carbocycles. The summed E-state index contributed by atoms with van der Waals surface area (Å²) in [5.74, 6) is 0.735. The van der Waals surface area contributed by atoms with E-state index in [2.05, 4.69) is 6.92 Å². The molecule has 3 unspecified atom stereocenters. The summed E-state index contributed by atoms with van der Waals surface area (Å²) in [6.07, 6.45) is 5.75. The second kappa shape index (κ2) is 6.04. The lowest BCUT2D eigenvalue weighted by molar-refractivity contribution is -0.140. The summed E-state index contributed by atoms with van der Waals surface area (Å²) in [6, 6.07) is 0.203. The third-order valence-corrected chi connectivity index (χ3v) is 4.70. The van der Waals surface area contributed by atoms with E-state index >= 15 is 0 Å². The standard InChI is InChI=1S/C15H26N2O2/c1-3-11-8-12-13(9-11)15(19)17(14(12)18)7-5-4-6-10(2)16/h10-13H,3-9,16H2,1-2H3. The van der Waals surface area contributed by atoms with Gasteiger partial charge in [-0.2, -0.15) is 0 Å². The molecule has 3 atom stereocenters. The fourth-order valence-corrected chi connectivity index (χ4v) is 3.49. The van der Waals surface area contributed by atoms with Crippen molar-refractivity contribution in [3.05, 3.63) is 0 Å². The number of rotatable bonds is 6. The number of hydrogen-bond donors (Lipinski definition) is 1. The molecule has 0 radical (unpaired) electrons. The normalized spacial score (nSPS) is 31.9. The minimum atomic E-state index is -0.00844. The largest absolute Gasteiger partial charge is 0.328 e. The molecule has 0 bridgehead atoms. The molecule has 1 saturated heterocycles. The van der Waals surface area contributed by atoms with Crippen molar-refractivity contribution in [3.63, 3.8) is 0 Å². The highest BCUT2D eigenvalue weighted by Gasteiger charge is 2.51. The molecule has 2 rings (SSSR count). The maximum absolute atomic E-state index is 12.3. The molecule has 4 nitrogen and oxygen atoms in total. The topological polar surface area (TPSA) is 63.4 Å². The molecule has 1 heterocycles. The number of imide groups is 1. The molecule has 0 aromatic rings. The van der Waals surface area contributed by atoms with E-state index < -0.39 is 0 Å². The summed E-state index contributed by atoms with van der Waals surface area (Å²) in [5, 5.41) is 0. The van der Waals surface area contributed by atoms with Crippen LogP contribution in [-0.4, -0.2) is 29.3 Å². The molecule has 2 N–H and O–H groups in total. The van der Waals surface area contributed by atoms with Crippen molar-refractivity contribution < 1.29 is 9.59 Å². The van der Waals surface area contributed by atoms with Crippen molar-refractivity contribution in [2.45, 2.75) is 58.4 Å². The molecule has 1 saturated carbocycles. The lowest BCUT2D eigenvalue weighted by Crippen LogP contribution is -2.33. The highest BCUT2D eigenvalue weighted by molar-refractivity contribution is 6.05. The Labute approximate surface area is 115 Å². The van der Waals surface area contributed by atoms with Crippen LogP contribution in [0.5, 0.6) is 0 Å². The van der Waals surface area contributed by atoms with Gasteiger partial charge in [-0.05, 0) is 38.5 Å². The van der Waals surface area contributed by atoms with Gasteiger partial charge in [-0.3, -0.25) is 14.5 Å². The number of nitrogens with zero attached hydrogens (tertiary/aromatic N) is 1. The molecule has 1 aliphatic carbocycles. The zero-order valence-electron chi connectivity index (χ0n) is 12.1. The van der Waals surface area contributed by atoms with Gasteiger partial charge < -0.3 is 5.73 Å². The lowest BCUT2D eigenvalue weighted by atomic mass is 10.00. The highest BCUT2D eigenvalue weighted by atomic mass is 16.2. The molecule has 2 fully saturated rings. The Morgan fingerprint density at radius 1 is 1.21 bits per heavy atom. The highest BCUT2D eigenvalue weighted by Crippen LogP contribution is 2.44. The van der Waals surface area contributed by atoms with Gasteiger partial charge in [0.05, 0.1) is 11.8 Å². The maximum atomic E-state index is 12.3. The first-order valence-corrected chi connectivity index (χ1v) is 7.65. The van der Waals surface area contributed by atoms with E-state index in [0.29, 0.717) is 12.5 Å². The predicted molar refractivity (Wildman–Crippen MR) is 74.2 cm³/mol. The first-order chi connectivity index (χ1) is 9.04. The summed E-state index contributed by atoms with van der Waals surface area (Å²) >= 11 is 0. The van der Waals surface area contributed by atoms with Gasteiger partial charge in [-0.1, -0.05) is 19.8 Å². The molecule has 2 amide bonds. The Hall–Kier alpha value is -0.900. The minimum absolute atomic E-state index is 0.00844. The molecule has 4 heteroatoms. The number of nitrogens with two attached hydrogens (primary N) is 1. The molecule has 0 spiro atoms. The number of unbranched alkanes of at least 4 members (excludes halogenated alkanes) is 1. The Balaban J connectivity index is 1.84. The van der Waals surface area contributed by atoms with E-state index in [1.54, 1.807) is 0 Å². The zero-order valence-corrected chi connectivity index (χ0v) is 12.1. The van der Waals surface area contributed by atoms with Crippen molar-refractivity contribution in [1.82, 2.24) is 4.90 Å². The third kappa shape index (κ3) is 2.99. The quantitative estimate of drug-likeness (QED) is 0.590. The second-order valence-electron chi connectivity index (χ2n) is 6.26. The average molecular weight is 266 g/mol. The van der Waals surface area contributed by atoms with E-state index in [9.17, 15) is 9.59 Å². The number of carbonyl (C=O) groups excluding carboxylic acids is 2. The van der Waals surface area contributed by atoms with Crippen LogP contribution in [0.2, 0.25) is 0 Å². The Morgan fingerprint density at radius 3 is 2.26 bits per heavy atom. The average Bonchev–Trinajstić information content (AvgIpc) is 2.88. The van der Waals surface area contributed by atoms with E-state index in [0.717, 1.165) is 38.5 Å². The van der Waals surface area contributed by atoms with Crippen LogP contribution in [0.25, 0.3) is 0 Å². The van der Waals surface area contributed by atoms with Crippen molar-refractivity contribution in [1.29, 1.82) is 0 Å². The van der Waals surface area contributed by atoms with Crippen molar-refractivity contribution in [2.24, 2.45) is 23.5 Å². The van der Waals surface area contributed by atoms with Crippen LogP contribution in [0.1, 0.15) is 52.4 Å². The SMILES string of the molecule is CCC1CC2C(=O)N(CCCCC(C)N)C(=O)C2C1. The molecule has 1 aliphatic heterocycles. The van der Waals surface area contributed by atoms with Gasteiger partial charge in [0, 0.05) is 12.6 Å². The molecule has 108 valence electrons. The van der Waals surface area contributed by atoms with Crippen LogP contribution in [0.3, 0.4) is 0 Å². The Bertz CT molecular complexity index is 330. The van der Waals surface area contributed by atoms with Crippen LogP contribution in [0, 0.1) is 17.8 Å². The molecule has 0 aromatic heterocycles. The number of carbonyl (C=O) groups is 2. The maximum Gasteiger partial charge on any atom is 0.233 e. The fraction of sp³-hybridized carbons (Fsp3) is 0.867. The van der Waals surface area contributed by atoms with Gasteiger partial charge in [0.1, 0.15) is 0 Å². The van der Waals surface area contributed by atoms with Crippen molar-refractivity contribution >= 4 is 11.8 Å². The summed E-state index contributed by atoms with van der Waals surface area (Å²) in [4.78, 5) is 26.1. The van der Waals surface area contributed by atoms with Crippen LogP contribution in [0.15, 0.2) is 0 Å². The first-order valence-electron chi connectivity index (χ1n) is 7.65. The summed E-state index contributed by atoms with van der Waals surface area (Å²) in [5.41, 5.74) is 5.70. The van der Waals surface area contributed by atoms with Crippen LogP contribution < -0.4 is 5.73 Å². The zero-order chi connectivity index (χ0) is 14.0. The Morgan fingerprint density at radius 2 is 1.79 bits per heavy atom. The van der Waals surface area contributed by atoms with Crippen LogP contribution in [0.4, 0.5) is 0 Å². The van der Waals surface area contributed by atoms with Gasteiger partial charge >= 0.3 is 0 Å². The molecule has 2 aliphatic rings. The molecule has 19 heavy (non-hydrogen) atoms. The van der Waals surface area contributed by atoms with E-state index in [4.69, 9.17) is 5.73 Å². The van der Waals surface area contributed by atoms with Crippen LogP contribution in [-0.2, 0) is 9.59 Å². The minimum Gasteiger partial charge on any atom is -0.328 e. The van der Waals surface area contributed by atoms with Gasteiger partial charge in [0.15, 0.2) is 0 Å². The number of likely N-dealkylation sites (tertiary alicyclic amines) is 1. The van der Waals surface area contributed by atoms with Gasteiger partial charge in [0.2, 0.25) is 11.8 Å². The summed E-state index contributed by atoms with van der Waals surface area (Å²) in [6.45, 7) is 4.72. The van der Waals surface area contributed by atoms with E-state index in [1.807, 2.05) is 6.92 Å².